The number of carbonyl (C=O) groups is 6. The molecule has 0 aromatic heterocycles. The lowest BCUT2D eigenvalue weighted by atomic mass is 10.1. The van der Waals surface area contributed by atoms with Gasteiger partial charge in [0.2, 0.25) is 11.8 Å². The summed E-state index contributed by atoms with van der Waals surface area (Å²) in [6, 6.07) is -3.70. The molecule has 0 bridgehead atoms. The third-order valence-corrected chi connectivity index (χ3v) is 7.10. The van der Waals surface area contributed by atoms with Crippen molar-refractivity contribution in [2.75, 3.05) is 26.4 Å². The molecule has 0 saturated carbocycles. The maximum Gasteiger partial charge on any atom is 0.330 e. The molecule has 0 fully saturated rings. The van der Waals surface area contributed by atoms with Gasteiger partial charge < -0.3 is 18.9 Å². The molecule has 2 amide bonds. The van der Waals surface area contributed by atoms with Gasteiger partial charge in [0.25, 0.3) is 0 Å². The Balaban J connectivity index is 8.12. The van der Waals surface area contributed by atoms with Crippen LogP contribution in [0.1, 0.15) is 39.5 Å². The summed E-state index contributed by atoms with van der Waals surface area (Å²) in [5.74, 6) is -6.64. The lowest BCUT2D eigenvalue weighted by Gasteiger charge is -2.38. The fraction of sp³-hybridized carbons (Fsp3) is 0.194. The van der Waals surface area contributed by atoms with Crippen LogP contribution in [0.25, 0.3) is 0 Å². The fourth-order valence-electron chi connectivity index (χ4n) is 4.30. The van der Waals surface area contributed by atoms with Gasteiger partial charge in [-0.2, -0.15) is 0 Å². The summed E-state index contributed by atoms with van der Waals surface area (Å²) in [5, 5.41) is 0. The second-order valence-corrected chi connectivity index (χ2v) is 12.1. The van der Waals surface area contributed by atoms with Gasteiger partial charge in [-0.25, -0.2) is 9.59 Å². The number of ether oxygens (including phenoxy) is 4. The van der Waals surface area contributed by atoms with Gasteiger partial charge in [0, 0.05) is 105 Å². The van der Waals surface area contributed by atoms with Crippen molar-refractivity contribution in [3.63, 3.8) is 0 Å². The highest BCUT2D eigenvalue weighted by Crippen LogP contribution is 2.25. The van der Waals surface area contributed by atoms with Crippen molar-refractivity contribution in [1.29, 1.82) is 0 Å². The fourth-order valence-corrected chi connectivity index (χ4v) is 4.30. The quantitative estimate of drug-likeness (QED) is 0.0517. The molecule has 0 rings (SSSR count). The molecule has 356 valence electrons. The number of hydrogen-bond acceptors (Lipinski definition) is 10. The minimum absolute atomic E-state index is 0.253. The Kier molecular flexibility index (Phi) is 36.6. The molecule has 0 aromatic rings. The Morgan fingerprint density at radius 2 is 0.608 bits per heavy atom. The number of nitrogens with zero attached hydrogens (tertiary/aromatic N) is 2. The van der Waals surface area contributed by atoms with E-state index in [1.54, 1.807) is 0 Å². The van der Waals surface area contributed by atoms with Crippen molar-refractivity contribution in [3.8, 4) is 0 Å². The summed E-state index contributed by atoms with van der Waals surface area (Å²) in [6.07, 6.45) is 2.70. The lowest BCUT2D eigenvalue weighted by molar-refractivity contribution is -0.163. The van der Waals surface area contributed by atoms with E-state index in [1.165, 1.54) is 38.2 Å². The highest BCUT2D eigenvalue weighted by atomic mass is 16.5. The zero-order chi connectivity index (χ0) is 54.7. The van der Waals surface area contributed by atoms with Crippen LogP contribution in [0.2, 0.25) is 0 Å². The van der Waals surface area contributed by atoms with Crippen molar-refractivity contribution in [3.05, 3.63) is 258 Å². The predicted octanol–water partition coefficient (Wildman–Crippen LogP) is 7.64. The van der Waals surface area contributed by atoms with Crippen molar-refractivity contribution in [2.24, 2.45) is 0 Å². The van der Waals surface area contributed by atoms with Crippen LogP contribution in [0.5, 0.6) is 0 Å². The Labute approximate surface area is 427 Å². The Morgan fingerprint density at radius 1 is 0.378 bits per heavy atom. The first-order valence-electron chi connectivity index (χ1n) is 20.9. The van der Waals surface area contributed by atoms with E-state index in [2.05, 4.69) is 228 Å². The second-order valence-electron chi connectivity index (χ2n) is 12.1. The minimum Gasteiger partial charge on any atom is -0.461 e. The van der Waals surface area contributed by atoms with E-state index in [0.29, 0.717) is 9.80 Å². The van der Waals surface area contributed by atoms with Crippen LogP contribution in [-0.2, 0) is 47.7 Å². The molecule has 0 radical (unpaired) electrons. The molecule has 12 nitrogen and oxygen atoms in total. The second kappa shape index (κ2) is 43.6. The average molecular weight is 971 g/mol. The van der Waals surface area contributed by atoms with Gasteiger partial charge >= 0.3 is 23.9 Å². The molecule has 0 spiro atoms. The number of amides is 2. The smallest absolute Gasteiger partial charge is 0.330 e. The van der Waals surface area contributed by atoms with Crippen LogP contribution in [0, 0.1) is 0 Å². The molecular weight excluding hydrogens is 933 g/mol. The third-order valence-electron chi connectivity index (χ3n) is 7.10. The van der Waals surface area contributed by atoms with E-state index in [4.69, 9.17) is 18.9 Å². The molecule has 12 heteroatoms. The van der Waals surface area contributed by atoms with Gasteiger partial charge in [-0.05, 0) is 104 Å². The number of carbonyl (C=O) groups excluding carboxylic acids is 6. The van der Waals surface area contributed by atoms with E-state index in [0.717, 1.165) is 0 Å². The monoisotopic (exact) mass is 970 g/mol. The maximum absolute atomic E-state index is 13.9. The van der Waals surface area contributed by atoms with E-state index in [1.807, 2.05) is 0 Å². The summed E-state index contributed by atoms with van der Waals surface area (Å²) in [6.45, 7) is 19.0. The molecule has 0 aromatic carbocycles. The number of esters is 4. The first-order chi connectivity index (χ1) is 36.1. The average Bonchev–Trinajstić information content (AvgIpc) is 3.40. The molecule has 2 unspecified atom stereocenters. The molecule has 0 aliphatic heterocycles. The van der Waals surface area contributed by atoms with Crippen molar-refractivity contribution in [2.45, 2.75) is 51.6 Å². The van der Waals surface area contributed by atoms with Gasteiger partial charge in [-0.1, -0.05) is 70.2 Å². The first-order valence-corrected chi connectivity index (χ1v) is 20.9. The van der Waals surface area contributed by atoms with Gasteiger partial charge in [0.1, 0.15) is 38.5 Å². The molecule has 2 atom stereocenters. The zero-order valence-electron chi connectivity index (χ0n) is 40.1. The summed E-state index contributed by atoms with van der Waals surface area (Å²) in [7, 11) is 0. The third kappa shape index (κ3) is 30.4. The molecule has 0 heterocycles. The molecule has 0 aliphatic carbocycles. The van der Waals surface area contributed by atoms with Crippen LogP contribution in [0.3, 0.4) is 0 Å². The lowest BCUT2D eigenvalue weighted by Crippen LogP contribution is -2.55. The van der Waals surface area contributed by atoms with E-state index < -0.39 is 66.4 Å². The summed E-state index contributed by atoms with van der Waals surface area (Å²) < 4.78 is 20.7. The van der Waals surface area contributed by atoms with Gasteiger partial charge in [0.15, 0.2) is 5.82 Å². The van der Waals surface area contributed by atoms with Crippen LogP contribution in [0.15, 0.2) is 258 Å². The Morgan fingerprint density at radius 3 is 0.838 bits per heavy atom. The van der Waals surface area contributed by atoms with E-state index in [9.17, 15) is 28.8 Å². The molecule has 0 N–H and O–H groups in total. The number of rotatable bonds is 20. The number of hydrogen-bond donors (Lipinski definition) is 0. The SMILES string of the molecule is C=C=C=C=C=C=C=C=C=C=C=C=C=C=C=C=C=C=C=C=C=C=C=C=C=C=C=C=C=C=C=C=C=C=C=C(N(C(=O)CC)C(CC(=O)OCC=C)C(=O)OCC=C)N(C(=O)CC)C(CC(=O)OCC=C)C(=O)OCC=C. The van der Waals surface area contributed by atoms with Gasteiger partial charge in [0.05, 0.1) is 12.8 Å². The molecule has 74 heavy (non-hydrogen) atoms. The molecule has 0 aliphatic rings. The summed E-state index contributed by atoms with van der Waals surface area (Å²) in [5.41, 5.74) is 83.7. The topological polar surface area (TPSA) is 146 Å². The zero-order valence-corrected chi connectivity index (χ0v) is 40.1. The molecule has 0 saturated heterocycles. The van der Waals surface area contributed by atoms with Gasteiger partial charge in [-0.15, -0.1) is 0 Å². The summed E-state index contributed by atoms with van der Waals surface area (Å²) in [4.78, 5) is 82.6. The van der Waals surface area contributed by atoms with Crippen molar-refractivity contribution in [1.82, 2.24) is 9.80 Å². The highest BCUT2D eigenvalue weighted by Gasteiger charge is 2.43. The molecular formula is C62H38N2O10. The Hall–Kier alpha value is -12.0. The normalized spacial score (nSPS) is 8.03. The van der Waals surface area contributed by atoms with Crippen molar-refractivity contribution >= 4 is 35.7 Å². The predicted molar refractivity (Wildman–Crippen MR) is 264 cm³/mol. The minimum atomic E-state index is -1.85. The largest absolute Gasteiger partial charge is 0.461 e. The van der Waals surface area contributed by atoms with Crippen LogP contribution >= 0.6 is 0 Å². The standard InChI is InChI=1S/C62H38N2O10/c1-8-15-16-17-18-19-20-21-22-23-24-25-26-27-28-29-30-31-32-33-34-35-36-37-38-39-40-41-42-43-44-45-46-47-56(63(57(65)13-6)54(61(69)73-50-11-4)52-59(67)71-48-9-2)64(58(66)14-7)55(62(70)74-51-12-5)53-60(68)72-49-10-3/h9-12,54-55H,1-5,13-14,48-53H2,6-7H3. The van der Waals surface area contributed by atoms with Crippen LogP contribution < -0.4 is 0 Å². The van der Waals surface area contributed by atoms with E-state index >= 15 is 0 Å². The maximum atomic E-state index is 13.9. The Bertz CT molecular complexity index is 3620. The van der Waals surface area contributed by atoms with Crippen LogP contribution in [0.4, 0.5) is 0 Å². The highest BCUT2D eigenvalue weighted by molar-refractivity contribution is 5.92. The first kappa shape index (κ1) is 62.0. The van der Waals surface area contributed by atoms with E-state index in [-0.39, 0.29) is 39.3 Å². The van der Waals surface area contributed by atoms with Crippen molar-refractivity contribution < 1.29 is 47.7 Å². The van der Waals surface area contributed by atoms with Gasteiger partial charge in [-0.3, -0.25) is 29.0 Å². The summed E-state index contributed by atoms with van der Waals surface area (Å²) >= 11 is 0. The van der Waals surface area contributed by atoms with Crippen LogP contribution in [-0.4, -0.2) is 84.0 Å².